The second-order valence-electron chi connectivity index (χ2n) is 17.5. The van der Waals surface area contributed by atoms with E-state index in [9.17, 15) is 0 Å². The van der Waals surface area contributed by atoms with Gasteiger partial charge in [-0.25, -0.2) is 0 Å². The highest BCUT2D eigenvalue weighted by Gasteiger charge is 2.49. The van der Waals surface area contributed by atoms with Crippen LogP contribution in [0.25, 0.3) is 39.0 Å². The summed E-state index contributed by atoms with van der Waals surface area (Å²) in [5, 5.41) is 0. The van der Waals surface area contributed by atoms with Crippen molar-refractivity contribution in [2.24, 2.45) is 0 Å². The second kappa shape index (κ2) is 14.7. The SMILES string of the molecule is C#C/C=C\C(=C/C)c1cc(-c2ccccc2)cc(N(c2ccc3c(c2)C(C)(C)c2ccccc2-3)c2ccc3c(c2)C2(c4ccccc4CCc4ccccc42)c2ccccc2-3)c1. The molecule has 296 valence electrons. The number of hydrogen-bond acceptors (Lipinski definition) is 1. The van der Waals surface area contributed by atoms with Gasteiger partial charge in [0.2, 0.25) is 0 Å². The van der Waals surface area contributed by atoms with E-state index in [1.807, 2.05) is 6.08 Å². The molecule has 8 aromatic rings. The molecule has 3 aliphatic carbocycles. The monoisotopic (exact) mass is 793 g/mol. The second-order valence-corrected chi connectivity index (χ2v) is 17.5. The third-order valence-corrected chi connectivity index (χ3v) is 13.9. The number of rotatable bonds is 6. The van der Waals surface area contributed by atoms with Gasteiger partial charge in [-0.1, -0.05) is 165 Å². The summed E-state index contributed by atoms with van der Waals surface area (Å²) >= 11 is 0. The number of benzene rings is 8. The number of aryl methyl sites for hydroxylation is 2. The molecule has 0 aliphatic heterocycles. The van der Waals surface area contributed by atoms with Crippen LogP contribution in [-0.4, -0.2) is 0 Å². The van der Waals surface area contributed by atoms with E-state index in [0.717, 1.165) is 52.2 Å². The molecule has 0 saturated carbocycles. The average molecular weight is 794 g/mol. The van der Waals surface area contributed by atoms with Crippen molar-refractivity contribution in [2.45, 2.75) is 44.4 Å². The minimum Gasteiger partial charge on any atom is -0.310 e. The van der Waals surface area contributed by atoms with Crippen molar-refractivity contribution in [3.05, 3.63) is 250 Å². The van der Waals surface area contributed by atoms with E-state index in [1.54, 1.807) is 6.08 Å². The Bertz CT molecular complexity index is 3140. The van der Waals surface area contributed by atoms with Gasteiger partial charge in [0, 0.05) is 22.5 Å². The van der Waals surface area contributed by atoms with Gasteiger partial charge in [0.05, 0.1) is 5.41 Å². The van der Waals surface area contributed by atoms with Crippen molar-refractivity contribution in [3.8, 4) is 45.7 Å². The fourth-order valence-corrected chi connectivity index (χ4v) is 11.1. The number of allylic oxidation sites excluding steroid dienone is 4. The van der Waals surface area contributed by atoms with Crippen LogP contribution in [0.4, 0.5) is 17.1 Å². The van der Waals surface area contributed by atoms with Crippen LogP contribution in [0, 0.1) is 12.3 Å². The predicted molar refractivity (Wildman–Crippen MR) is 260 cm³/mol. The number of hydrogen-bond donors (Lipinski definition) is 0. The van der Waals surface area contributed by atoms with Crippen molar-refractivity contribution in [1.82, 2.24) is 0 Å². The fourth-order valence-electron chi connectivity index (χ4n) is 11.1. The Morgan fingerprint density at radius 1 is 0.500 bits per heavy atom. The van der Waals surface area contributed by atoms with Crippen LogP contribution in [-0.2, 0) is 23.7 Å². The molecule has 0 radical (unpaired) electrons. The van der Waals surface area contributed by atoms with Crippen molar-refractivity contribution >= 4 is 22.6 Å². The molecule has 0 unspecified atom stereocenters. The number of terminal acetylenes is 1. The highest BCUT2D eigenvalue weighted by atomic mass is 15.1. The van der Waals surface area contributed by atoms with Crippen molar-refractivity contribution in [2.75, 3.05) is 4.90 Å². The quantitative estimate of drug-likeness (QED) is 0.120. The lowest BCUT2D eigenvalue weighted by Crippen LogP contribution is -2.30. The number of nitrogens with zero attached hydrogens (tertiary/aromatic N) is 1. The largest absolute Gasteiger partial charge is 0.310 e. The van der Waals surface area contributed by atoms with Gasteiger partial charge in [0.1, 0.15) is 0 Å². The maximum atomic E-state index is 5.79. The fraction of sp³-hybridized carbons (Fsp3) is 0.115. The van der Waals surface area contributed by atoms with Gasteiger partial charge in [-0.05, 0) is 163 Å². The van der Waals surface area contributed by atoms with Gasteiger partial charge in [-0.2, -0.15) is 0 Å². The first kappa shape index (κ1) is 37.6. The minimum atomic E-state index is -0.492. The third kappa shape index (κ3) is 5.64. The highest BCUT2D eigenvalue weighted by molar-refractivity contribution is 5.93. The van der Waals surface area contributed by atoms with Crippen LogP contribution in [0.1, 0.15) is 70.8 Å². The lowest BCUT2D eigenvalue weighted by atomic mass is 9.66. The Labute approximate surface area is 366 Å². The molecule has 3 aliphatic rings. The molecule has 0 amide bonds. The van der Waals surface area contributed by atoms with Crippen LogP contribution in [0.2, 0.25) is 0 Å². The lowest BCUT2D eigenvalue weighted by molar-refractivity contribution is 0.660. The van der Waals surface area contributed by atoms with Gasteiger partial charge in [-0.3, -0.25) is 0 Å². The molecule has 0 saturated heterocycles. The zero-order chi connectivity index (χ0) is 42.0. The number of fused-ring (bicyclic) bond motifs is 12. The average Bonchev–Trinajstić information content (AvgIpc) is 3.67. The Hall–Kier alpha value is -7.40. The molecule has 0 N–H and O–H groups in total. The molecular weight excluding hydrogens is 747 g/mol. The minimum absolute atomic E-state index is 0.166. The normalized spacial score (nSPS) is 14.8. The van der Waals surface area contributed by atoms with Gasteiger partial charge in [0.25, 0.3) is 0 Å². The molecule has 0 fully saturated rings. The first-order chi connectivity index (χ1) is 30.4. The van der Waals surface area contributed by atoms with Crippen molar-refractivity contribution < 1.29 is 0 Å². The van der Waals surface area contributed by atoms with E-state index < -0.39 is 5.41 Å². The summed E-state index contributed by atoms with van der Waals surface area (Å²) in [6.07, 6.45) is 13.8. The summed E-state index contributed by atoms with van der Waals surface area (Å²) < 4.78 is 0. The number of anilines is 3. The summed E-state index contributed by atoms with van der Waals surface area (Å²) in [7, 11) is 0. The molecule has 1 heteroatoms. The zero-order valence-electron chi connectivity index (χ0n) is 35.5. The molecular formula is C61H47N. The van der Waals surface area contributed by atoms with E-state index in [-0.39, 0.29) is 5.41 Å². The third-order valence-electron chi connectivity index (χ3n) is 13.9. The van der Waals surface area contributed by atoms with Crippen LogP contribution < -0.4 is 4.90 Å². The van der Waals surface area contributed by atoms with E-state index in [2.05, 4.69) is 220 Å². The standard InChI is InChI=1S/C61H47N/c1-5-7-19-41(6-2)45-36-46(42-20-9-8-10-21-42)38-49(37-45)62(47-32-34-52-50-24-13-17-28-56(50)60(3,4)58(52)39-47)48-33-35-53-51-25-14-18-29-57(51)61(59(53)40-48)54-26-15-11-22-43(54)30-31-44-23-12-16-27-55(44)61/h1,6-29,32-40H,30-31H2,2-4H3/b19-7-,41-6+. The van der Waals surface area contributed by atoms with Crippen molar-refractivity contribution in [1.29, 1.82) is 0 Å². The Morgan fingerprint density at radius 3 is 1.68 bits per heavy atom. The zero-order valence-corrected chi connectivity index (χ0v) is 35.5. The molecule has 1 spiro atoms. The molecule has 1 nitrogen and oxygen atoms in total. The van der Waals surface area contributed by atoms with E-state index in [4.69, 9.17) is 6.42 Å². The Kier molecular flexibility index (Phi) is 8.88. The van der Waals surface area contributed by atoms with Crippen LogP contribution in [0.5, 0.6) is 0 Å². The molecule has 62 heavy (non-hydrogen) atoms. The van der Waals surface area contributed by atoms with Crippen LogP contribution in [0.3, 0.4) is 0 Å². The first-order valence-electron chi connectivity index (χ1n) is 21.9. The molecule has 8 aromatic carbocycles. The van der Waals surface area contributed by atoms with Gasteiger partial charge in [0.15, 0.2) is 0 Å². The molecule has 0 atom stereocenters. The highest BCUT2D eigenvalue weighted by Crippen LogP contribution is 2.60. The summed E-state index contributed by atoms with van der Waals surface area (Å²) in [6, 6.07) is 68.5. The predicted octanol–water partition coefficient (Wildman–Crippen LogP) is 15.2. The maximum Gasteiger partial charge on any atom is 0.0719 e. The molecule has 11 rings (SSSR count). The van der Waals surface area contributed by atoms with E-state index >= 15 is 0 Å². The lowest BCUT2D eigenvalue weighted by Gasteiger charge is -2.36. The van der Waals surface area contributed by atoms with Gasteiger partial charge >= 0.3 is 0 Å². The maximum absolute atomic E-state index is 5.79. The molecule has 0 aromatic heterocycles. The van der Waals surface area contributed by atoms with Crippen LogP contribution in [0.15, 0.2) is 200 Å². The Balaban J connectivity index is 1.22. The first-order valence-corrected chi connectivity index (χ1v) is 21.9. The summed E-state index contributed by atoms with van der Waals surface area (Å²) in [6.45, 7) is 6.82. The Morgan fingerprint density at radius 2 is 1.03 bits per heavy atom. The van der Waals surface area contributed by atoms with E-state index in [0.29, 0.717) is 0 Å². The van der Waals surface area contributed by atoms with Gasteiger partial charge < -0.3 is 4.90 Å². The molecule has 0 bridgehead atoms. The smallest absolute Gasteiger partial charge is 0.0719 e. The topological polar surface area (TPSA) is 3.24 Å². The van der Waals surface area contributed by atoms with Gasteiger partial charge in [-0.15, -0.1) is 6.42 Å². The summed E-state index contributed by atoms with van der Waals surface area (Å²) in [4.78, 5) is 2.50. The van der Waals surface area contributed by atoms with E-state index in [1.165, 1.54) is 66.8 Å². The summed E-state index contributed by atoms with van der Waals surface area (Å²) in [5.41, 5.74) is 23.3. The van der Waals surface area contributed by atoms with Crippen LogP contribution >= 0.6 is 0 Å². The summed E-state index contributed by atoms with van der Waals surface area (Å²) in [5.74, 6) is 2.72. The van der Waals surface area contributed by atoms with Crippen molar-refractivity contribution in [3.63, 3.8) is 0 Å². The molecule has 0 heterocycles.